The highest BCUT2D eigenvalue weighted by Gasteiger charge is 2.41. The molecule has 0 saturated carbocycles. The smallest absolute Gasteiger partial charge is 0.226 e. The van der Waals surface area contributed by atoms with Crippen molar-refractivity contribution in [1.82, 2.24) is 24.7 Å². The van der Waals surface area contributed by atoms with Crippen LogP contribution in [0.5, 0.6) is 0 Å². The second-order valence-electron chi connectivity index (χ2n) is 10.3. The first kappa shape index (κ1) is 27.3. The van der Waals surface area contributed by atoms with E-state index in [0.29, 0.717) is 18.1 Å². The number of aromatic nitrogens is 2. The Hall–Kier alpha value is -3.27. The molecule has 2 fully saturated rings. The van der Waals surface area contributed by atoms with Crippen molar-refractivity contribution in [3.8, 4) is 0 Å². The SMILES string of the molecule is Cc1cc([C@H]2[C@@H](c3ccccn3)NC(=S)N2CCC(=O)Nc2ccccc2)c(C)n1CCCN1CCOCC1. The van der Waals surface area contributed by atoms with Gasteiger partial charge in [0.05, 0.1) is 31.0 Å². The van der Waals surface area contributed by atoms with E-state index in [4.69, 9.17) is 17.0 Å². The summed E-state index contributed by atoms with van der Waals surface area (Å²) in [6.45, 7) is 10.6. The van der Waals surface area contributed by atoms with E-state index < -0.39 is 0 Å². The Morgan fingerprint density at radius 1 is 1.08 bits per heavy atom. The van der Waals surface area contributed by atoms with Crippen LogP contribution < -0.4 is 10.6 Å². The predicted octanol–water partition coefficient (Wildman–Crippen LogP) is 4.22. The maximum absolute atomic E-state index is 12.8. The van der Waals surface area contributed by atoms with E-state index in [9.17, 15) is 4.79 Å². The third-order valence-corrected chi connectivity index (χ3v) is 8.08. The van der Waals surface area contributed by atoms with E-state index in [0.717, 1.165) is 57.2 Å². The Kier molecular flexibility index (Phi) is 8.91. The van der Waals surface area contributed by atoms with Crippen LogP contribution in [0.2, 0.25) is 0 Å². The fraction of sp³-hybridized carbons (Fsp3) is 0.433. The molecule has 206 valence electrons. The number of carbonyl (C=O) groups is 1. The molecule has 2 atom stereocenters. The van der Waals surface area contributed by atoms with Gasteiger partial charge in [0.25, 0.3) is 0 Å². The van der Waals surface area contributed by atoms with Gasteiger partial charge in [0, 0.05) is 62.4 Å². The Bertz CT molecular complexity index is 1260. The number of hydrogen-bond donors (Lipinski definition) is 2. The Balaban J connectivity index is 1.34. The number of nitrogens with one attached hydrogen (secondary N) is 2. The second-order valence-corrected chi connectivity index (χ2v) is 10.7. The molecule has 2 N–H and O–H groups in total. The zero-order valence-corrected chi connectivity index (χ0v) is 23.6. The van der Waals surface area contributed by atoms with Gasteiger partial charge in [-0.2, -0.15) is 0 Å². The minimum absolute atomic E-state index is 0.0300. The summed E-state index contributed by atoms with van der Waals surface area (Å²) in [5.41, 5.74) is 5.45. The quantitative estimate of drug-likeness (QED) is 0.369. The minimum Gasteiger partial charge on any atom is -0.379 e. The molecule has 0 aliphatic carbocycles. The largest absolute Gasteiger partial charge is 0.379 e. The molecular formula is C30H38N6O2S. The first-order chi connectivity index (χ1) is 19.0. The number of anilines is 1. The number of nitrogens with zero attached hydrogens (tertiary/aromatic N) is 4. The number of para-hydroxylation sites is 1. The highest BCUT2D eigenvalue weighted by Crippen LogP contribution is 2.41. The normalized spacial score (nSPS) is 19.7. The number of benzene rings is 1. The van der Waals surface area contributed by atoms with Crippen molar-refractivity contribution in [2.24, 2.45) is 0 Å². The lowest BCUT2D eigenvalue weighted by Crippen LogP contribution is -2.37. The van der Waals surface area contributed by atoms with Gasteiger partial charge in [-0.3, -0.25) is 14.7 Å². The van der Waals surface area contributed by atoms with Gasteiger partial charge in [-0.25, -0.2) is 0 Å². The number of carbonyl (C=O) groups excluding carboxylic acids is 1. The third kappa shape index (κ3) is 6.49. The number of aryl methyl sites for hydroxylation is 1. The minimum atomic E-state index is -0.0989. The number of thiocarbonyl (C=S) groups is 1. The molecule has 0 spiro atoms. The fourth-order valence-electron chi connectivity index (χ4n) is 5.70. The molecule has 5 rings (SSSR count). The monoisotopic (exact) mass is 546 g/mol. The summed E-state index contributed by atoms with van der Waals surface area (Å²) < 4.78 is 7.92. The van der Waals surface area contributed by atoms with Crippen LogP contribution in [-0.2, 0) is 16.1 Å². The van der Waals surface area contributed by atoms with E-state index >= 15 is 0 Å². The zero-order chi connectivity index (χ0) is 27.2. The first-order valence-electron chi connectivity index (χ1n) is 13.8. The summed E-state index contributed by atoms with van der Waals surface area (Å²) in [7, 11) is 0. The molecule has 2 aliphatic rings. The number of rotatable bonds is 10. The van der Waals surface area contributed by atoms with E-state index in [1.165, 1.54) is 17.0 Å². The lowest BCUT2D eigenvalue weighted by molar-refractivity contribution is -0.116. The van der Waals surface area contributed by atoms with Gasteiger partial charge in [0.2, 0.25) is 5.91 Å². The van der Waals surface area contributed by atoms with Crippen molar-refractivity contribution in [1.29, 1.82) is 0 Å². The van der Waals surface area contributed by atoms with Crippen molar-refractivity contribution in [3.63, 3.8) is 0 Å². The van der Waals surface area contributed by atoms with E-state index in [2.05, 4.69) is 49.9 Å². The predicted molar refractivity (Wildman–Crippen MR) is 158 cm³/mol. The Morgan fingerprint density at radius 3 is 2.59 bits per heavy atom. The third-order valence-electron chi connectivity index (χ3n) is 7.73. The molecule has 2 aromatic heterocycles. The highest BCUT2D eigenvalue weighted by atomic mass is 32.1. The lowest BCUT2D eigenvalue weighted by atomic mass is 9.96. The van der Waals surface area contributed by atoms with Crippen molar-refractivity contribution in [2.45, 2.75) is 45.3 Å². The molecule has 0 radical (unpaired) electrons. The number of hydrogen-bond acceptors (Lipinski definition) is 5. The summed E-state index contributed by atoms with van der Waals surface area (Å²) in [4.78, 5) is 22.1. The molecule has 39 heavy (non-hydrogen) atoms. The molecule has 3 aromatic rings. The zero-order valence-electron chi connectivity index (χ0n) is 22.8. The molecule has 1 amide bonds. The van der Waals surface area contributed by atoms with Crippen LogP contribution in [0.3, 0.4) is 0 Å². The summed E-state index contributed by atoms with van der Waals surface area (Å²) in [5.74, 6) is -0.0300. The first-order valence-corrected chi connectivity index (χ1v) is 14.2. The summed E-state index contributed by atoms with van der Waals surface area (Å²) in [5, 5.41) is 7.17. The molecular weight excluding hydrogens is 508 g/mol. The molecule has 8 nitrogen and oxygen atoms in total. The van der Waals surface area contributed by atoms with Gasteiger partial charge < -0.3 is 24.8 Å². The Labute approximate surface area is 236 Å². The number of morpholine rings is 1. The van der Waals surface area contributed by atoms with Crippen LogP contribution in [-0.4, -0.2) is 69.8 Å². The highest BCUT2D eigenvalue weighted by molar-refractivity contribution is 7.80. The maximum atomic E-state index is 12.8. The van der Waals surface area contributed by atoms with E-state index in [1.54, 1.807) is 0 Å². The van der Waals surface area contributed by atoms with E-state index in [-0.39, 0.29) is 18.0 Å². The van der Waals surface area contributed by atoms with Crippen LogP contribution in [0.1, 0.15) is 47.6 Å². The average molecular weight is 547 g/mol. The lowest BCUT2D eigenvalue weighted by Gasteiger charge is -2.28. The van der Waals surface area contributed by atoms with Crippen molar-refractivity contribution in [2.75, 3.05) is 44.7 Å². The van der Waals surface area contributed by atoms with E-state index in [1.807, 2.05) is 54.7 Å². The second kappa shape index (κ2) is 12.7. The van der Waals surface area contributed by atoms with Crippen LogP contribution in [0, 0.1) is 13.8 Å². The summed E-state index contributed by atoms with van der Waals surface area (Å²) in [6, 6.07) is 17.7. The molecule has 9 heteroatoms. The van der Waals surface area contributed by atoms with Crippen LogP contribution >= 0.6 is 12.2 Å². The van der Waals surface area contributed by atoms with Crippen LogP contribution in [0.15, 0.2) is 60.8 Å². The molecule has 0 bridgehead atoms. The van der Waals surface area contributed by atoms with Gasteiger partial charge in [-0.15, -0.1) is 0 Å². The number of amides is 1. The average Bonchev–Trinajstić information content (AvgIpc) is 3.43. The molecule has 1 aromatic carbocycles. The standard InChI is InChI=1S/C30H38N6O2S/c1-22-21-25(23(2)35(22)15-8-14-34-17-19-38-20-18-34)29-28(26-11-6-7-13-31-26)33-30(39)36(29)16-12-27(37)32-24-9-4-3-5-10-24/h3-7,9-11,13,21,28-29H,8,12,14-20H2,1-2H3,(H,32,37)(H,33,39)/t28-,29+/m1/s1. The van der Waals surface area contributed by atoms with Gasteiger partial charge in [-0.1, -0.05) is 24.3 Å². The topological polar surface area (TPSA) is 74.7 Å². The molecule has 2 aliphatic heterocycles. The fourth-order valence-corrected chi connectivity index (χ4v) is 6.03. The van der Waals surface area contributed by atoms with Gasteiger partial charge >= 0.3 is 0 Å². The van der Waals surface area contributed by atoms with Crippen molar-refractivity contribution >= 4 is 28.9 Å². The van der Waals surface area contributed by atoms with Crippen LogP contribution in [0.25, 0.3) is 0 Å². The number of ether oxygens (including phenoxy) is 1. The summed E-state index contributed by atoms with van der Waals surface area (Å²) in [6.07, 6.45) is 3.24. The summed E-state index contributed by atoms with van der Waals surface area (Å²) >= 11 is 5.83. The molecule has 4 heterocycles. The molecule has 0 unspecified atom stereocenters. The maximum Gasteiger partial charge on any atom is 0.226 e. The van der Waals surface area contributed by atoms with Gasteiger partial charge in [0.1, 0.15) is 0 Å². The molecule has 2 saturated heterocycles. The van der Waals surface area contributed by atoms with Crippen LogP contribution in [0.4, 0.5) is 5.69 Å². The van der Waals surface area contributed by atoms with Gasteiger partial charge in [-0.05, 0) is 68.4 Å². The Morgan fingerprint density at radius 2 is 1.85 bits per heavy atom. The van der Waals surface area contributed by atoms with Crippen molar-refractivity contribution in [3.05, 3.63) is 83.4 Å². The number of pyridine rings is 1. The van der Waals surface area contributed by atoms with Crippen molar-refractivity contribution < 1.29 is 9.53 Å². The van der Waals surface area contributed by atoms with Gasteiger partial charge in [0.15, 0.2) is 5.11 Å².